The van der Waals surface area contributed by atoms with E-state index in [1.54, 1.807) is 36.0 Å². The standard InChI is InChI=1S/C13H13BrN4O2S2/c1-9-2-4-10(5-3-9)22(19,20)17-15-8-11-12(14)16-13-18(11)6-7-21-13/h2-5,8,17H,6-7H2,1H3/b15-8+. The normalized spacial score (nSPS) is 14.5. The summed E-state index contributed by atoms with van der Waals surface area (Å²) in [6.45, 7) is 2.74. The number of fused-ring (bicyclic) bond motifs is 1. The molecule has 22 heavy (non-hydrogen) atoms. The number of thioether (sulfide) groups is 1. The smallest absolute Gasteiger partial charge is 0.276 e. The van der Waals surface area contributed by atoms with Crippen molar-refractivity contribution in [1.29, 1.82) is 0 Å². The van der Waals surface area contributed by atoms with Gasteiger partial charge in [-0.3, -0.25) is 0 Å². The Bertz CT molecular complexity index is 828. The highest BCUT2D eigenvalue weighted by molar-refractivity contribution is 9.10. The van der Waals surface area contributed by atoms with Crippen LogP contribution >= 0.6 is 27.7 Å². The molecule has 6 nitrogen and oxygen atoms in total. The molecule has 1 aromatic carbocycles. The average Bonchev–Trinajstić information content (AvgIpc) is 3.02. The number of halogens is 1. The summed E-state index contributed by atoms with van der Waals surface area (Å²) in [4.78, 5) is 6.76. The van der Waals surface area contributed by atoms with E-state index in [1.807, 2.05) is 11.5 Å². The second-order valence-electron chi connectivity index (χ2n) is 4.74. The van der Waals surface area contributed by atoms with Crippen molar-refractivity contribution < 1.29 is 8.42 Å². The summed E-state index contributed by atoms with van der Waals surface area (Å²) in [5, 5.41) is 4.77. The zero-order valence-electron chi connectivity index (χ0n) is 11.7. The first-order valence-electron chi connectivity index (χ1n) is 6.48. The number of nitrogens with zero attached hydrogens (tertiary/aromatic N) is 3. The molecule has 0 spiro atoms. The van der Waals surface area contributed by atoms with E-state index in [2.05, 4.69) is 30.8 Å². The zero-order valence-corrected chi connectivity index (χ0v) is 14.9. The van der Waals surface area contributed by atoms with E-state index in [4.69, 9.17) is 0 Å². The van der Waals surface area contributed by atoms with Gasteiger partial charge in [-0.25, -0.2) is 9.82 Å². The van der Waals surface area contributed by atoms with Gasteiger partial charge in [0.05, 0.1) is 16.8 Å². The molecule has 0 aliphatic carbocycles. The highest BCUT2D eigenvalue weighted by atomic mass is 79.9. The largest absolute Gasteiger partial charge is 0.316 e. The van der Waals surface area contributed by atoms with Crippen LogP contribution in [0.4, 0.5) is 0 Å². The van der Waals surface area contributed by atoms with Crippen LogP contribution in [0.3, 0.4) is 0 Å². The maximum Gasteiger partial charge on any atom is 0.276 e. The van der Waals surface area contributed by atoms with Gasteiger partial charge in [-0.1, -0.05) is 29.5 Å². The second-order valence-corrected chi connectivity index (χ2v) is 8.21. The number of aryl methyl sites for hydroxylation is 1. The highest BCUT2D eigenvalue weighted by Gasteiger charge is 2.19. The van der Waals surface area contributed by atoms with Crippen LogP contribution in [0.15, 0.2) is 44.0 Å². The van der Waals surface area contributed by atoms with Crippen LogP contribution in [0.5, 0.6) is 0 Å². The van der Waals surface area contributed by atoms with Gasteiger partial charge < -0.3 is 4.57 Å². The van der Waals surface area contributed by atoms with Gasteiger partial charge in [0.25, 0.3) is 10.0 Å². The van der Waals surface area contributed by atoms with E-state index < -0.39 is 10.0 Å². The molecular formula is C13H13BrN4O2S2. The van der Waals surface area contributed by atoms with Gasteiger partial charge in [-0.2, -0.15) is 13.5 Å². The van der Waals surface area contributed by atoms with E-state index in [9.17, 15) is 8.42 Å². The summed E-state index contributed by atoms with van der Waals surface area (Å²) in [5.74, 6) is 0.964. The van der Waals surface area contributed by atoms with Crippen LogP contribution in [0.1, 0.15) is 11.3 Å². The van der Waals surface area contributed by atoms with Gasteiger partial charge in [-0.15, -0.1) is 0 Å². The van der Waals surface area contributed by atoms with Gasteiger partial charge >= 0.3 is 0 Å². The molecule has 9 heteroatoms. The molecular weight excluding hydrogens is 388 g/mol. The van der Waals surface area contributed by atoms with E-state index in [0.29, 0.717) is 4.60 Å². The van der Waals surface area contributed by atoms with Crippen molar-refractivity contribution in [1.82, 2.24) is 14.4 Å². The third kappa shape index (κ3) is 3.06. The Morgan fingerprint density at radius 3 is 2.86 bits per heavy atom. The van der Waals surface area contributed by atoms with Crippen molar-refractivity contribution in [3.8, 4) is 0 Å². The van der Waals surface area contributed by atoms with Gasteiger partial charge in [0.2, 0.25) is 0 Å². The van der Waals surface area contributed by atoms with Crippen LogP contribution < -0.4 is 4.83 Å². The van der Waals surface area contributed by atoms with Gasteiger partial charge in [0.1, 0.15) is 4.60 Å². The van der Waals surface area contributed by atoms with Crippen molar-refractivity contribution in [2.45, 2.75) is 23.5 Å². The summed E-state index contributed by atoms with van der Waals surface area (Å²) in [7, 11) is -3.66. The van der Waals surface area contributed by atoms with Gasteiger partial charge in [0, 0.05) is 12.3 Å². The minimum absolute atomic E-state index is 0.184. The minimum atomic E-state index is -3.66. The Balaban J connectivity index is 1.78. The first-order valence-corrected chi connectivity index (χ1v) is 9.74. The molecule has 3 rings (SSSR count). The molecule has 0 saturated carbocycles. The molecule has 2 heterocycles. The first kappa shape index (κ1) is 15.6. The lowest BCUT2D eigenvalue weighted by molar-refractivity contribution is 0.584. The molecule has 0 saturated heterocycles. The van der Waals surface area contributed by atoms with Crippen molar-refractivity contribution in [2.75, 3.05) is 5.75 Å². The lowest BCUT2D eigenvalue weighted by atomic mass is 10.2. The summed E-state index contributed by atoms with van der Waals surface area (Å²) in [6, 6.07) is 6.60. The lowest BCUT2D eigenvalue weighted by Gasteiger charge is -2.04. The summed E-state index contributed by atoms with van der Waals surface area (Å²) in [5.41, 5.74) is 1.75. The zero-order chi connectivity index (χ0) is 15.7. The summed E-state index contributed by atoms with van der Waals surface area (Å²) < 4.78 is 26.9. The Labute approximate surface area is 141 Å². The predicted molar refractivity (Wildman–Crippen MR) is 89.7 cm³/mol. The predicted octanol–water partition coefficient (Wildman–Crippen LogP) is 2.37. The summed E-state index contributed by atoms with van der Waals surface area (Å²) >= 11 is 5.02. The molecule has 0 bridgehead atoms. The van der Waals surface area contributed by atoms with Gasteiger partial charge in [0.15, 0.2) is 5.16 Å². The number of rotatable bonds is 4. The van der Waals surface area contributed by atoms with Crippen molar-refractivity contribution in [3.05, 3.63) is 40.1 Å². The monoisotopic (exact) mass is 400 g/mol. The number of sulfonamides is 1. The molecule has 0 fully saturated rings. The van der Waals surface area contributed by atoms with Crippen LogP contribution in [0.25, 0.3) is 0 Å². The molecule has 0 radical (unpaired) electrons. The number of aromatic nitrogens is 2. The molecule has 1 aliphatic heterocycles. The molecule has 1 aliphatic rings. The lowest BCUT2D eigenvalue weighted by Crippen LogP contribution is -2.18. The van der Waals surface area contributed by atoms with Crippen molar-refractivity contribution >= 4 is 43.9 Å². The molecule has 0 atom stereocenters. The third-order valence-corrected chi connectivity index (χ3v) is 5.94. The third-order valence-electron chi connectivity index (χ3n) is 3.16. The van der Waals surface area contributed by atoms with Crippen molar-refractivity contribution in [3.63, 3.8) is 0 Å². The molecule has 116 valence electrons. The van der Waals surface area contributed by atoms with E-state index in [0.717, 1.165) is 28.7 Å². The molecule has 1 aromatic heterocycles. The molecule has 0 amide bonds. The highest BCUT2D eigenvalue weighted by Crippen LogP contribution is 2.29. The Morgan fingerprint density at radius 2 is 2.14 bits per heavy atom. The number of benzene rings is 1. The number of imidazole rings is 1. The molecule has 0 unspecified atom stereocenters. The van der Waals surface area contributed by atoms with Crippen LogP contribution in [-0.4, -0.2) is 29.9 Å². The fourth-order valence-corrected chi connectivity index (χ4v) is 4.37. The average molecular weight is 401 g/mol. The van der Waals surface area contributed by atoms with E-state index >= 15 is 0 Å². The van der Waals surface area contributed by atoms with Crippen LogP contribution in [0.2, 0.25) is 0 Å². The summed E-state index contributed by atoms with van der Waals surface area (Å²) in [6.07, 6.45) is 1.47. The number of hydrazone groups is 1. The fourth-order valence-electron chi connectivity index (χ4n) is 2.02. The Hall–Kier alpha value is -1.32. The van der Waals surface area contributed by atoms with Crippen molar-refractivity contribution in [2.24, 2.45) is 5.10 Å². The van der Waals surface area contributed by atoms with Crippen LogP contribution in [-0.2, 0) is 16.6 Å². The molecule has 2 aromatic rings. The van der Waals surface area contributed by atoms with E-state index in [1.165, 1.54) is 6.21 Å². The minimum Gasteiger partial charge on any atom is -0.316 e. The number of nitrogens with one attached hydrogen (secondary N) is 1. The SMILES string of the molecule is Cc1ccc(S(=O)(=O)N/N=C/c2c(Br)nc3n2CCS3)cc1. The van der Waals surface area contributed by atoms with E-state index in [-0.39, 0.29) is 4.90 Å². The Kier molecular flexibility index (Phi) is 4.28. The quantitative estimate of drug-likeness (QED) is 0.631. The van der Waals surface area contributed by atoms with Crippen LogP contribution in [0, 0.1) is 6.92 Å². The van der Waals surface area contributed by atoms with Gasteiger partial charge in [-0.05, 0) is 35.0 Å². The fraction of sp³-hybridized carbons (Fsp3) is 0.231. The maximum atomic E-state index is 12.1. The molecule has 1 N–H and O–H groups in total. The number of hydrogen-bond donors (Lipinski definition) is 1. The first-order chi connectivity index (χ1) is 10.5. The second kappa shape index (κ2) is 6.05. The number of hydrogen-bond acceptors (Lipinski definition) is 5. The maximum absolute atomic E-state index is 12.1. The topological polar surface area (TPSA) is 76.3 Å². The Morgan fingerprint density at radius 1 is 1.41 bits per heavy atom.